The molecule has 1 atom stereocenters. The molecule has 0 aliphatic rings. The minimum Gasteiger partial charge on any atom is -0.458 e. The Bertz CT molecular complexity index is 336. The average Bonchev–Trinajstić information content (AvgIpc) is 2.30. The maximum atomic E-state index is 11.3. The third-order valence-electron chi connectivity index (χ3n) is 1.73. The van der Waals surface area contributed by atoms with Gasteiger partial charge >= 0.3 is 11.9 Å². The van der Waals surface area contributed by atoms with Gasteiger partial charge in [0.25, 0.3) is 0 Å². The number of hydrogen-bond acceptors (Lipinski definition) is 5. The van der Waals surface area contributed by atoms with Crippen LogP contribution < -0.4 is 0 Å². The first-order chi connectivity index (χ1) is 7.69. The molecule has 1 rings (SSSR count). The normalized spacial score (nSPS) is 9.62. The number of rotatable bonds is 4. The van der Waals surface area contributed by atoms with Gasteiger partial charge in [0.2, 0.25) is 0 Å². The van der Waals surface area contributed by atoms with Crippen LogP contribution in [0.2, 0.25) is 0 Å². The molecule has 1 unspecified atom stereocenters. The van der Waals surface area contributed by atoms with E-state index in [9.17, 15) is 9.59 Å². The summed E-state index contributed by atoms with van der Waals surface area (Å²) in [4.78, 5) is 31.0. The molecule has 6 heteroatoms. The van der Waals surface area contributed by atoms with Crippen LogP contribution in [0.5, 0.6) is 0 Å². The van der Waals surface area contributed by atoms with E-state index in [1.54, 1.807) is 0 Å². The van der Waals surface area contributed by atoms with Crippen molar-refractivity contribution in [2.24, 2.45) is 0 Å². The summed E-state index contributed by atoms with van der Waals surface area (Å²) in [6.07, 6.45) is 0.228. The molecule has 0 N–H and O–H groups in total. The minimum atomic E-state index is -0.617. The van der Waals surface area contributed by atoms with Crippen LogP contribution in [0, 0.1) is 0 Å². The fraction of sp³-hybridized carbons (Fsp3) is 0.200. The predicted molar refractivity (Wildman–Crippen MR) is 58.9 cm³/mol. The van der Waals surface area contributed by atoms with Crippen molar-refractivity contribution in [3.05, 3.63) is 35.4 Å². The van der Waals surface area contributed by atoms with Crippen molar-refractivity contribution in [3.63, 3.8) is 0 Å². The summed E-state index contributed by atoms with van der Waals surface area (Å²) in [6.45, 7) is 0. The molecule has 0 amide bonds. The molecule has 0 fully saturated rings. The number of hydrogen-bond donors (Lipinski definition) is 0. The Morgan fingerprint density at radius 1 is 1.12 bits per heavy atom. The van der Waals surface area contributed by atoms with E-state index in [-0.39, 0.29) is 6.35 Å². The molecule has 0 heterocycles. The van der Waals surface area contributed by atoms with Gasteiger partial charge in [-0.15, -0.1) is 0 Å². The van der Waals surface area contributed by atoms with E-state index in [0.717, 1.165) is 0 Å². The number of carbonyl (C=O) groups excluding carboxylic acids is 2. The van der Waals surface area contributed by atoms with Gasteiger partial charge in [0.05, 0.1) is 18.2 Å². The van der Waals surface area contributed by atoms with Gasteiger partial charge in [-0.05, 0) is 24.3 Å². The summed E-state index contributed by atoms with van der Waals surface area (Å²) in [7, 11) is 3.52. The molecule has 5 nitrogen and oxygen atoms in total. The van der Waals surface area contributed by atoms with Crippen molar-refractivity contribution in [2.45, 2.75) is 0 Å². The number of benzene rings is 1. The van der Waals surface area contributed by atoms with Crippen molar-refractivity contribution in [3.8, 4) is 0 Å². The van der Waals surface area contributed by atoms with Crippen LogP contribution in [0.15, 0.2) is 24.3 Å². The molecule has 0 saturated heterocycles. The maximum Gasteiger partial charge on any atom is 0.373 e. The molecule has 0 aliphatic heterocycles. The van der Waals surface area contributed by atoms with Gasteiger partial charge in [-0.3, -0.25) is 4.89 Å². The van der Waals surface area contributed by atoms with Crippen molar-refractivity contribution < 1.29 is 24.1 Å². The summed E-state index contributed by atoms with van der Waals surface area (Å²) in [5, 5.41) is 0. The van der Waals surface area contributed by atoms with Gasteiger partial charge in [0.1, 0.15) is 6.35 Å². The van der Waals surface area contributed by atoms with Crippen LogP contribution in [-0.4, -0.2) is 25.4 Å². The fourth-order valence-electron chi connectivity index (χ4n) is 1.03. The lowest BCUT2D eigenvalue weighted by molar-refractivity contribution is -0.216. The SMILES string of the molecule is COOC(=O)c1ccc(C(=O)OCP)cc1. The summed E-state index contributed by atoms with van der Waals surface area (Å²) in [5.74, 6) is -1.06. The molecule has 86 valence electrons. The second-order valence-corrected chi connectivity index (χ2v) is 3.05. The lowest BCUT2D eigenvalue weighted by Gasteiger charge is -2.02. The van der Waals surface area contributed by atoms with Crippen LogP contribution in [0.25, 0.3) is 0 Å². The average molecular weight is 242 g/mol. The second-order valence-electron chi connectivity index (χ2n) is 2.71. The molecule has 1 aromatic carbocycles. The number of esters is 1. The predicted octanol–water partition coefficient (Wildman–Crippen LogP) is 1.39. The molecule has 0 aliphatic carbocycles. The van der Waals surface area contributed by atoms with Crippen molar-refractivity contribution in [1.82, 2.24) is 0 Å². The summed E-state index contributed by atoms with van der Waals surface area (Å²) in [6, 6.07) is 5.88. The quantitative estimate of drug-likeness (QED) is 0.345. The van der Waals surface area contributed by atoms with Gasteiger partial charge in [-0.25, -0.2) is 9.59 Å². The topological polar surface area (TPSA) is 61.8 Å². The van der Waals surface area contributed by atoms with Gasteiger partial charge < -0.3 is 4.74 Å². The summed E-state index contributed by atoms with van der Waals surface area (Å²) in [5.41, 5.74) is 0.667. The zero-order chi connectivity index (χ0) is 12.0. The first-order valence-corrected chi connectivity index (χ1v) is 5.23. The Morgan fingerprint density at radius 2 is 1.62 bits per heavy atom. The van der Waals surface area contributed by atoms with E-state index in [0.29, 0.717) is 11.1 Å². The Hall–Kier alpha value is -1.45. The maximum absolute atomic E-state index is 11.3. The zero-order valence-corrected chi connectivity index (χ0v) is 9.79. The lowest BCUT2D eigenvalue weighted by atomic mass is 10.1. The van der Waals surface area contributed by atoms with Crippen LogP contribution in [0.4, 0.5) is 0 Å². The van der Waals surface area contributed by atoms with Crippen molar-refractivity contribution in [1.29, 1.82) is 0 Å². The van der Waals surface area contributed by atoms with Gasteiger partial charge in [-0.1, -0.05) is 9.24 Å². The van der Waals surface area contributed by atoms with E-state index in [1.165, 1.54) is 31.4 Å². The summed E-state index contributed by atoms with van der Waals surface area (Å²) < 4.78 is 4.76. The fourth-order valence-corrected chi connectivity index (χ4v) is 1.18. The standard InChI is InChI=1S/C10H11O5P/c1-13-15-10(12)8-4-2-7(3-5-8)9(11)14-6-16/h2-5H,6,16H2,1H3. The van der Waals surface area contributed by atoms with E-state index in [4.69, 9.17) is 4.74 Å². The van der Waals surface area contributed by atoms with Gasteiger partial charge in [0, 0.05) is 0 Å². The molecule has 0 saturated carbocycles. The first kappa shape index (κ1) is 12.6. The zero-order valence-electron chi connectivity index (χ0n) is 8.64. The van der Waals surface area contributed by atoms with Crippen LogP contribution >= 0.6 is 9.24 Å². The van der Waals surface area contributed by atoms with Gasteiger partial charge in [-0.2, -0.15) is 4.89 Å². The Kier molecular flexibility index (Phi) is 4.89. The third-order valence-corrected chi connectivity index (χ3v) is 1.90. The Labute approximate surface area is 94.8 Å². The molecule has 1 aromatic rings. The van der Waals surface area contributed by atoms with E-state index < -0.39 is 11.9 Å². The first-order valence-electron chi connectivity index (χ1n) is 4.41. The molecule has 16 heavy (non-hydrogen) atoms. The highest BCUT2D eigenvalue weighted by atomic mass is 31.0. The number of ether oxygens (including phenoxy) is 1. The Morgan fingerprint density at radius 3 is 2.06 bits per heavy atom. The van der Waals surface area contributed by atoms with Crippen molar-refractivity contribution >= 4 is 21.2 Å². The van der Waals surface area contributed by atoms with Crippen LogP contribution in [-0.2, 0) is 14.5 Å². The second kappa shape index (κ2) is 6.20. The van der Waals surface area contributed by atoms with Crippen LogP contribution in [0.3, 0.4) is 0 Å². The molecule has 0 bridgehead atoms. The lowest BCUT2D eigenvalue weighted by Crippen LogP contribution is -2.06. The largest absolute Gasteiger partial charge is 0.458 e. The van der Waals surface area contributed by atoms with E-state index in [2.05, 4.69) is 19.0 Å². The Balaban J connectivity index is 2.75. The summed E-state index contributed by atoms with van der Waals surface area (Å²) >= 11 is 0. The third kappa shape index (κ3) is 3.29. The smallest absolute Gasteiger partial charge is 0.373 e. The highest BCUT2D eigenvalue weighted by Crippen LogP contribution is 2.07. The molecule has 0 radical (unpaired) electrons. The molecular formula is C10H11O5P. The van der Waals surface area contributed by atoms with E-state index >= 15 is 0 Å². The van der Waals surface area contributed by atoms with Crippen LogP contribution in [0.1, 0.15) is 20.7 Å². The molecule has 0 aromatic heterocycles. The van der Waals surface area contributed by atoms with Crippen molar-refractivity contribution in [2.75, 3.05) is 13.5 Å². The van der Waals surface area contributed by atoms with E-state index in [1.807, 2.05) is 0 Å². The minimum absolute atomic E-state index is 0.228. The highest BCUT2D eigenvalue weighted by molar-refractivity contribution is 7.16. The molecule has 0 spiro atoms. The van der Waals surface area contributed by atoms with Gasteiger partial charge in [0.15, 0.2) is 0 Å². The number of carbonyl (C=O) groups is 2. The molecular weight excluding hydrogens is 231 g/mol. The monoisotopic (exact) mass is 242 g/mol. The highest BCUT2D eigenvalue weighted by Gasteiger charge is 2.10.